The lowest BCUT2D eigenvalue weighted by Crippen LogP contribution is -2.37. The number of hydrogen-bond donors (Lipinski definition) is 1. The van der Waals surface area contributed by atoms with Gasteiger partial charge in [0.1, 0.15) is 4.75 Å². The summed E-state index contributed by atoms with van der Waals surface area (Å²) in [6.07, 6.45) is -3.85. The van der Waals surface area contributed by atoms with Crippen LogP contribution in [0.4, 0.5) is 17.6 Å². The lowest BCUT2D eigenvalue weighted by molar-refractivity contribution is -0.180. The highest BCUT2D eigenvalue weighted by molar-refractivity contribution is 7.82. The molecule has 0 N–H and O–H groups in total. The molecule has 0 aliphatic rings. The van der Waals surface area contributed by atoms with Crippen LogP contribution in [0.5, 0.6) is 0 Å². The van der Waals surface area contributed by atoms with Gasteiger partial charge < -0.3 is 4.74 Å². The van der Waals surface area contributed by atoms with E-state index < -0.39 is 29.7 Å². The van der Waals surface area contributed by atoms with E-state index in [0.717, 1.165) is 0 Å². The van der Waals surface area contributed by atoms with Crippen LogP contribution in [0.25, 0.3) is 0 Å². The number of ether oxygens (including phenoxy) is 1. The zero-order valence-electron chi connectivity index (χ0n) is 7.56. The standard InChI is InChI=1S/C7H10F4O2S/c1-6(2,14)5(12)13-3-7(10,11)4(8)9/h4,14H,3H2,1-2H3. The molecular formula is C7H10F4O2S. The van der Waals surface area contributed by atoms with Crippen LogP contribution in [0.3, 0.4) is 0 Å². The molecule has 0 aliphatic heterocycles. The Bertz CT molecular complexity index is 212. The number of esters is 1. The van der Waals surface area contributed by atoms with Crippen molar-refractivity contribution in [2.45, 2.75) is 30.9 Å². The second-order valence-electron chi connectivity index (χ2n) is 3.20. The molecule has 0 aromatic carbocycles. The average molecular weight is 234 g/mol. The van der Waals surface area contributed by atoms with Crippen LogP contribution in [0.1, 0.15) is 13.8 Å². The summed E-state index contributed by atoms with van der Waals surface area (Å²) >= 11 is 3.72. The maximum absolute atomic E-state index is 12.2. The van der Waals surface area contributed by atoms with Crippen molar-refractivity contribution in [2.75, 3.05) is 6.61 Å². The van der Waals surface area contributed by atoms with Crippen molar-refractivity contribution >= 4 is 18.6 Å². The summed E-state index contributed by atoms with van der Waals surface area (Å²) in [4.78, 5) is 10.9. The Morgan fingerprint density at radius 3 is 2.14 bits per heavy atom. The first-order valence-corrected chi connectivity index (χ1v) is 4.07. The molecule has 0 saturated heterocycles. The number of halogens is 4. The van der Waals surface area contributed by atoms with Crippen LogP contribution in [0.2, 0.25) is 0 Å². The SMILES string of the molecule is CC(C)(S)C(=O)OCC(F)(F)C(F)F. The molecule has 0 aromatic heterocycles. The minimum absolute atomic E-state index is 1.07. The van der Waals surface area contributed by atoms with Gasteiger partial charge in [-0.25, -0.2) is 8.78 Å². The molecule has 14 heavy (non-hydrogen) atoms. The van der Waals surface area contributed by atoms with Gasteiger partial charge in [-0.1, -0.05) is 0 Å². The number of carbonyl (C=O) groups excluding carboxylic acids is 1. The quantitative estimate of drug-likeness (QED) is 0.458. The summed E-state index contributed by atoms with van der Waals surface area (Å²) in [6, 6.07) is 0. The zero-order chi connectivity index (χ0) is 11.6. The van der Waals surface area contributed by atoms with E-state index >= 15 is 0 Å². The van der Waals surface area contributed by atoms with Crippen molar-refractivity contribution < 1.29 is 27.1 Å². The second-order valence-corrected chi connectivity index (χ2v) is 4.31. The number of carbonyl (C=O) groups is 1. The van der Waals surface area contributed by atoms with E-state index in [1.807, 2.05) is 0 Å². The van der Waals surface area contributed by atoms with Gasteiger partial charge in [0.15, 0.2) is 6.61 Å². The Balaban J connectivity index is 4.14. The highest BCUT2D eigenvalue weighted by Crippen LogP contribution is 2.24. The summed E-state index contributed by atoms with van der Waals surface area (Å²) in [5.74, 6) is -5.38. The third-order valence-corrected chi connectivity index (χ3v) is 1.40. The second kappa shape index (κ2) is 4.37. The van der Waals surface area contributed by atoms with Crippen LogP contribution in [0, 0.1) is 0 Å². The first-order valence-electron chi connectivity index (χ1n) is 3.63. The lowest BCUT2D eigenvalue weighted by atomic mass is 10.2. The largest absolute Gasteiger partial charge is 0.458 e. The predicted octanol–water partition coefficient (Wildman–Crippen LogP) is 2.14. The van der Waals surface area contributed by atoms with E-state index in [4.69, 9.17) is 0 Å². The van der Waals surface area contributed by atoms with Crippen LogP contribution in [0.15, 0.2) is 0 Å². The summed E-state index contributed by atoms with van der Waals surface area (Å²) in [6.45, 7) is 0.978. The van der Waals surface area contributed by atoms with E-state index in [0.29, 0.717) is 0 Å². The van der Waals surface area contributed by atoms with E-state index in [-0.39, 0.29) is 0 Å². The van der Waals surface area contributed by atoms with Crippen LogP contribution in [-0.2, 0) is 9.53 Å². The summed E-state index contributed by atoms with van der Waals surface area (Å²) in [7, 11) is 0. The molecule has 0 bridgehead atoms. The molecule has 0 unspecified atom stereocenters. The maximum Gasteiger partial charge on any atom is 0.340 e. The normalized spacial score (nSPS) is 13.1. The highest BCUT2D eigenvalue weighted by atomic mass is 32.1. The van der Waals surface area contributed by atoms with Crippen molar-refractivity contribution in [1.29, 1.82) is 0 Å². The van der Waals surface area contributed by atoms with Gasteiger partial charge in [0.25, 0.3) is 0 Å². The number of hydrogen-bond acceptors (Lipinski definition) is 3. The average Bonchev–Trinajstić information content (AvgIpc) is 1.98. The van der Waals surface area contributed by atoms with Gasteiger partial charge in [-0.05, 0) is 13.8 Å². The molecule has 7 heteroatoms. The van der Waals surface area contributed by atoms with Crippen molar-refractivity contribution in [1.82, 2.24) is 0 Å². The highest BCUT2D eigenvalue weighted by Gasteiger charge is 2.43. The number of alkyl halides is 4. The van der Waals surface area contributed by atoms with Crippen molar-refractivity contribution in [3.8, 4) is 0 Å². The van der Waals surface area contributed by atoms with Crippen molar-refractivity contribution in [3.05, 3.63) is 0 Å². The third kappa shape index (κ3) is 4.17. The molecule has 0 spiro atoms. The maximum atomic E-state index is 12.2. The van der Waals surface area contributed by atoms with Crippen molar-refractivity contribution in [3.63, 3.8) is 0 Å². The monoisotopic (exact) mass is 234 g/mol. The molecule has 0 amide bonds. The van der Waals surface area contributed by atoms with Crippen LogP contribution < -0.4 is 0 Å². The van der Waals surface area contributed by atoms with Gasteiger partial charge in [0.05, 0.1) is 0 Å². The third-order valence-electron chi connectivity index (χ3n) is 1.21. The minimum atomic E-state index is -4.31. The Morgan fingerprint density at radius 2 is 1.86 bits per heavy atom. The van der Waals surface area contributed by atoms with Gasteiger partial charge in [-0.2, -0.15) is 21.4 Å². The van der Waals surface area contributed by atoms with Gasteiger partial charge in [-0.15, -0.1) is 0 Å². The van der Waals surface area contributed by atoms with E-state index in [1.165, 1.54) is 13.8 Å². The van der Waals surface area contributed by atoms with Crippen LogP contribution in [-0.4, -0.2) is 29.7 Å². The fourth-order valence-electron chi connectivity index (χ4n) is 0.401. The molecule has 0 radical (unpaired) electrons. The minimum Gasteiger partial charge on any atom is -0.458 e. The van der Waals surface area contributed by atoms with Gasteiger partial charge in [0, 0.05) is 0 Å². The fraction of sp³-hybridized carbons (Fsp3) is 0.857. The molecule has 0 heterocycles. The summed E-state index contributed by atoms with van der Waals surface area (Å²) in [5.41, 5.74) is 0. The molecule has 0 atom stereocenters. The van der Waals surface area contributed by atoms with Crippen LogP contribution >= 0.6 is 12.6 Å². The molecule has 2 nitrogen and oxygen atoms in total. The summed E-state index contributed by atoms with van der Waals surface area (Å²) < 4.78 is 50.4. The van der Waals surface area contributed by atoms with Gasteiger partial charge >= 0.3 is 18.3 Å². The van der Waals surface area contributed by atoms with E-state index in [1.54, 1.807) is 0 Å². The summed E-state index contributed by atoms with van der Waals surface area (Å²) in [5, 5.41) is 0. The topological polar surface area (TPSA) is 26.3 Å². The number of thiol groups is 1. The first-order chi connectivity index (χ1) is 6.07. The smallest absolute Gasteiger partial charge is 0.340 e. The predicted molar refractivity (Wildman–Crippen MR) is 45.0 cm³/mol. The molecule has 84 valence electrons. The Hall–Kier alpha value is -0.460. The number of rotatable bonds is 4. The van der Waals surface area contributed by atoms with E-state index in [2.05, 4.69) is 17.4 Å². The Labute approximate surface area is 84.0 Å². The molecule has 0 saturated carbocycles. The van der Waals surface area contributed by atoms with Crippen molar-refractivity contribution in [2.24, 2.45) is 0 Å². The molecule has 0 aromatic rings. The molecule has 0 rings (SSSR count). The van der Waals surface area contributed by atoms with Gasteiger partial charge in [0.2, 0.25) is 0 Å². The van der Waals surface area contributed by atoms with E-state index in [9.17, 15) is 22.4 Å². The Kier molecular flexibility index (Phi) is 4.23. The molecule has 0 aliphatic carbocycles. The first kappa shape index (κ1) is 13.5. The lowest BCUT2D eigenvalue weighted by Gasteiger charge is -2.19. The molecular weight excluding hydrogens is 224 g/mol. The molecule has 0 fully saturated rings. The Morgan fingerprint density at radius 1 is 1.43 bits per heavy atom. The zero-order valence-corrected chi connectivity index (χ0v) is 8.45. The van der Waals surface area contributed by atoms with Gasteiger partial charge in [-0.3, -0.25) is 4.79 Å². The fourth-order valence-corrected chi connectivity index (χ4v) is 0.466.